The van der Waals surface area contributed by atoms with Crippen molar-refractivity contribution in [3.05, 3.63) is 28.9 Å². The third-order valence-electron chi connectivity index (χ3n) is 7.95. The molecule has 10 heteroatoms. The van der Waals surface area contributed by atoms with Gasteiger partial charge >= 0.3 is 0 Å². The normalized spacial score (nSPS) is 29.9. The van der Waals surface area contributed by atoms with Gasteiger partial charge in [-0.3, -0.25) is 4.21 Å². The molecule has 3 fully saturated rings. The molecular formula is C23H29ClN6O2S. The molecule has 2 unspecified atom stereocenters. The first kappa shape index (κ1) is 21.7. The molecule has 2 aliphatic heterocycles. The number of fused-ring (bicyclic) bond motifs is 3. The van der Waals surface area contributed by atoms with E-state index in [1.807, 2.05) is 0 Å². The second-order valence-electron chi connectivity index (χ2n) is 10.0. The van der Waals surface area contributed by atoms with Crippen molar-refractivity contribution in [2.45, 2.75) is 61.3 Å². The summed E-state index contributed by atoms with van der Waals surface area (Å²) >= 11 is 6.00. The fourth-order valence-corrected chi connectivity index (χ4v) is 7.50. The smallest absolute Gasteiger partial charge is 0.227 e. The maximum atomic E-state index is 12.9. The number of halogens is 1. The van der Waals surface area contributed by atoms with Crippen molar-refractivity contribution >= 4 is 34.2 Å². The summed E-state index contributed by atoms with van der Waals surface area (Å²) in [4.78, 5) is 22.0. The molecule has 1 saturated heterocycles. The van der Waals surface area contributed by atoms with E-state index in [2.05, 4.69) is 20.2 Å². The zero-order chi connectivity index (χ0) is 22.6. The number of nitrogens with zero attached hydrogens (tertiary/aromatic N) is 5. The lowest BCUT2D eigenvalue weighted by atomic mass is 9.77. The first-order chi connectivity index (χ1) is 16.0. The molecule has 2 saturated carbocycles. The number of aromatic nitrogens is 4. The fourth-order valence-electron chi connectivity index (χ4n) is 6.07. The highest BCUT2D eigenvalue weighted by Crippen LogP contribution is 2.48. The van der Waals surface area contributed by atoms with Crippen LogP contribution in [0.1, 0.15) is 56.0 Å². The Kier molecular flexibility index (Phi) is 5.54. The lowest BCUT2D eigenvalue weighted by molar-refractivity contribution is 0.143. The van der Waals surface area contributed by atoms with Crippen molar-refractivity contribution in [3.8, 4) is 0 Å². The lowest BCUT2D eigenvalue weighted by Gasteiger charge is -2.42. The largest absolute Gasteiger partial charge is 0.394 e. The second-order valence-corrected chi connectivity index (χ2v) is 11.9. The Morgan fingerprint density at radius 2 is 1.88 bits per heavy atom. The first-order valence-electron chi connectivity index (χ1n) is 12.0. The maximum Gasteiger partial charge on any atom is 0.227 e. The van der Waals surface area contributed by atoms with Crippen molar-refractivity contribution in [2.75, 3.05) is 35.7 Å². The molecule has 2 aromatic rings. The van der Waals surface area contributed by atoms with Crippen molar-refractivity contribution in [3.63, 3.8) is 0 Å². The van der Waals surface area contributed by atoms with E-state index < -0.39 is 10.8 Å². The summed E-state index contributed by atoms with van der Waals surface area (Å²) < 4.78 is 12.9. The predicted octanol–water partition coefficient (Wildman–Crippen LogP) is 2.93. The molecule has 4 heterocycles. The number of nitrogens with one attached hydrogen (secondary N) is 1. The number of aliphatic hydroxyl groups is 1. The van der Waals surface area contributed by atoms with Crippen LogP contribution in [0, 0.1) is 11.8 Å². The van der Waals surface area contributed by atoms with Crippen molar-refractivity contribution in [1.29, 1.82) is 0 Å². The van der Waals surface area contributed by atoms with E-state index in [1.54, 1.807) is 12.4 Å². The Hall–Kier alpha value is -1.84. The van der Waals surface area contributed by atoms with E-state index in [0.29, 0.717) is 34.3 Å². The zero-order valence-corrected chi connectivity index (χ0v) is 20.1. The van der Waals surface area contributed by atoms with Gasteiger partial charge in [0.2, 0.25) is 5.95 Å². The lowest BCUT2D eigenvalue weighted by Crippen LogP contribution is -2.49. The van der Waals surface area contributed by atoms with Crippen LogP contribution in [0.4, 0.5) is 11.8 Å². The van der Waals surface area contributed by atoms with Gasteiger partial charge in [0.15, 0.2) is 0 Å². The summed E-state index contributed by atoms with van der Waals surface area (Å²) in [6.45, 7) is 1.78. The Morgan fingerprint density at radius 3 is 2.52 bits per heavy atom. The standard InChI is InChI=1S/C23H29ClN6O2S/c24-16-9-25-20(26-10-16)18-14-4-5-15(18)12-30(11-14)22-27-17-3-1-8-33(32)19(17)21(28-22)29-23(13-31)6-2-7-23/h9-10,14-15,18,31H,1-8,11-13H2,(H,27,28,29)/t14?,15?,18?,33-/m0/s1. The van der Waals surface area contributed by atoms with Crippen LogP contribution in [-0.2, 0) is 17.2 Å². The molecule has 3 atom stereocenters. The first-order valence-corrected chi connectivity index (χ1v) is 13.7. The van der Waals surface area contributed by atoms with Crippen LogP contribution in [0.5, 0.6) is 0 Å². The highest BCUT2D eigenvalue weighted by Gasteiger charge is 2.45. The van der Waals surface area contributed by atoms with E-state index in [4.69, 9.17) is 21.6 Å². The number of piperidine rings is 1. The predicted molar refractivity (Wildman–Crippen MR) is 127 cm³/mol. The van der Waals surface area contributed by atoms with E-state index in [9.17, 15) is 9.32 Å². The maximum absolute atomic E-state index is 12.9. The third kappa shape index (κ3) is 3.82. The molecular weight excluding hydrogens is 460 g/mol. The summed E-state index contributed by atoms with van der Waals surface area (Å²) in [5.74, 6) is 4.16. The van der Waals surface area contributed by atoms with Crippen LogP contribution in [0.2, 0.25) is 5.02 Å². The second kappa shape index (κ2) is 8.43. The number of aliphatic hydroxyl groups excluding tert-OH is 1. The molecule has 4 aliphatic rings. The molecule has 2 aromatic heterocycles. The van der Waals surface area contributed by atoms with Crippen molar-refractivity contribution < 1.29 is 9.32 Å². The van der Waals surface area contributed by atoms with Crippen LogP contribution in [0.15, 0.2) is 17.3 Å². The Morgan fingerprint density at radius 1 is 1.15 bits per heavy atom. The van der Waals surface area contributed by atoms with Crippen molar-refractivity contribution in [2.24, 2.45) is 11.8 Å². The highest BCUT2D eigenvalue weighted by atomic mass is 35.5. The molecule has 0 spiro atoms. The topological polar surface area (TPSA) is 104 Å². The number of rotatable bonds is 5. The number of anilines is 2. The van der Waals surface area contributed by atoms with Gasteiger partial charge in [-0.2, -0.15) is 4.98 Å². The molecule has 2 bridgehead atoms. The van der Waals surface area contributed by atoms with Crippen LogP contribution in [0.25, 0.3) is 0 Å². The van der Waals surface area contributed by atoms with Gasteiger partial charge in [-0.1, -0.05) is 11.6 Å². The Balaban J connectivity index is 1.31. The molecule has 8 nitrogen and oxygen atoms in total. The van der Waals surface area contributed by atoms with Gasteiger partial charge in [-0.15, -0.1) is 0 Å². The summed E-state index contributed by atoms with van der Waals surface area (Å²) in [7, 11) is -1.10. The molecule has 2 N–H and O–H groups in total. The minimum absolute atomic E-state index is 0.0599. The summed E-state index contributed by atoms with van der Waals surface area (Å²) in [6, 6.07) is 0. The minimum Gasteiger partial charge on any atom is -0.394 e. The van der Waals surface area contributed by atoms with Gasteiger partial charge in [0, 0.05) is 37.2 Å². The number of hydrogen-bond donors (Lipinski definition) is 2. The highest BCUT2D eigenvalue weighted by molar-refractivity contribution is 7.85. The SMILES string of the molecule is O=[S@]1CCCc2nc(N3CC4CCC(C3)C4c3ncc(Cl)cn3)nc(NC3(CO)CCC3)c21. The van der Waals surface area contributed by atoms with Gasteiger partial charge in [0.1, 0.15) is 16.5 Å². The molecule has 33 heavy (non-hydrogen) atoms. The number of aryl methyl sites for hydroxylation is 1. The Labute approximate surface area is 201 Å². The van der Waals surface area contributed by atoms with Gasteiger partial charge in [-0.25, -0.2) is 15.0 Å². The van der Waals surface area contributed by atoms with E-state index >= 15 is 0 Å². The monoisotopic (exact) mass is 488 g/mol. The van der Waals surface area contributed by atoms with E-state index in [-0.39, 0.29) is 12.1 Å². The fraction of sp³-hybridized carbons (Fsp3) is 0.652. The van der Waals surface area contributed by atoms with Crippen LogP contribution in [0.3, 0.4) is 0 Å². The molecule has 0 aromatic carbocycles. The van der Waals surface area contributed by atoms with Gasteiger partial charge < -0.3 is 15.3 Å². The zero-order valence-electron chi connectivity index (χ0n) is 18.5. The molecule has 2 aliphatic carbocycles. The molecule has 0 amide bonds. The molecule has 6 rings (SSSR count). The average Bonchev–Trinajstić information content (AvgIpc) is 3.05. The van der Waals surface area contributed by atoms with Crippen LogP contribution in [-0.4, -0.2) is 60.2 Å². The molecule has 0 radical (unpaired) electrons. The van der Waals surface area contributed by atoms with E-state index in [1.165, 1.54) is 0 Å². The summed E-state index contributed by atoms with van der Waals surface area (Å²) in [6.07, 6.45) is 10.3. The van der Waals surface area contributed by atoms with Gasteiger partial charge in [0.05, 0.1) is 33.7 Å². The van der Waals surface area contributed by atoms with Gasteiger partial charge in [-0.05, 0) is 56.8 Å². The quantitative estimate of drug-likeness (QED) is 0.662. The summed E-state index contributed by atoms with van der Waals surface area (Å²) in [5.41, 5.74) is 0.550. The Bertz CT molecular complexity index is 1060. The third-order valence-corrected chi connectivity index (χ3v) is 9.69. The molecule has 176 valence electrons. The van der Waals surface area contributed by atoms with Crippen molar-refractivity contribution in [1.82, 2.24) is 19.9 Å². The van der Waals surface area contributed by atoms with E-state index in [0.717, 1.165) is 80.4 Å². The number of hydrogen-bond acceptors (Lipinski definition) is 8. The minimum atomic E-state index is -1.10. The van der Waals surface area contributed by atoms with Crippen LogP contribution < -0.4 is 10.2 Å². The average molecular weight is 489 g/mol. The van der Waals surface area contributed by atoms with Gasteiger partial charge in [0.25, 0.3) is 0 Å². The van der Waals surface area contributed by atoms with Crippen LogP contribution >= 0.6 is 11.6 Å². The summed E-state index contributed by atoms with van der Waals surface area (Å²) in [5, 5.41) is 14.1.